The highest BCUT2D eigenvalue weighted by Gasteiger charge is 2.30. The molecule has 3 aromatic rings. The molecule has 6 rings (SSSR count). The number of nitrogens with one attached hydrogen (secondary N) is 4. The summed E-state index contributed by atoms with van der Waals surface area (Å²) in [6.45, 7) is 0.364. The van der Waals surface area contributed by atoms with Crippen molar-refractivity contribution in [1.82, 2.24) is 16.0 Å². The predicted molar refractivity (Wildman–Crippen MR) is 200 cm³/mol. The summed E-state index contributed by atoms with van der Waals surface area (Å²) in [5, 5.41) is 20.5. The lowest BCUT2D eigenvalue weighted by Gasteiger charge is -2.22. The van der Waals surface area contributed by atoms with Crippen molar-refractivity contribution in [1.29, 1.82) is 0 Å². The number of ether oxygens (including phenoxy) is 1. The molecule has 1 aliphatic carbocycles. The van der Waals surface area contributed by atoms with E-state index in [0.29, 0.717) is 17.8 Å². The Balaban J connectivity index is 0.913. The second-order valence-electron chi connectivity index (χ2n) is 12.3. The summed E-state index contributed by atoms with van der Waals surface area (Å²) >= 11 is 0. The number of hydrogen-bond donors (Lipinski definition) is 6. The number of rotatable bonds is 13. The van der Waals surface area contributed by atoms with E-state index in [1.807, 2.05) is 48.5 Å². The van der Waals surface area contributed by atoms with Crippen LogP contribution in [0.1, 0.15) is 51.6 Å². The van der Waals surface area contributed by atoms with Crippen molar-refractivity contribution in [2.45, 2.75) is 37.5 Å². The van der Waals surface area contributed by atoms with Crippen molar-refractivity contribution in [3.8, 4) is 11.8 Å². The predicted octanol–water partition coefficient (Wildman–Crippen LogP) is 1.75. The highest BCUT2D eigenvalue weighted by atomic mass is 16.6. The topological polar surface area (TPSA) is 238 Å². The number of amidine groups is 1. The highest BCUT2D eigenvalue weighted by Crippen LogP contribution is 2.28. The number of carbonyl (C=O) groups is 5. The van der Waals surface area contributed by atoms with E-state index in [4.69, 9.17) is 10.5 Å². The van der Waals surface area contributed by atoms with Gasteiger partial charge in [-0.2, -0.15) is 9.98 Å². The van der Waals surface area contributed by atoms with Gasteiger partial charge < -0.3 is 36.8 Å². The monoisotopic (exact) mass is 729 g/mol. The molecule has 274 valence electrons. The molecule has 16 heteroatoms. The molecule has 0 aromatic heterocycles. The molecule has 0 radical (unpaired) electrons. The molecule has 3 aliphatic rings. The van der Waals surface area contributed by atoms with Crippen molar-refractivity contribution in [2.24, 2.45) is 25.7 Å². The van der Waals surface area contributed by atoms with Crippen LogP contribution < -0.4 is 27.0 Å². The third kappa shape index (κ3) is 9.39. The Morgan fingerprint density at radius 3 is 2.44 bits per heavy atom. The van der Waals surface area contributed by atoms with E-state index < -0.39 is 48.0 Å². The van der Waals surface area contributed by atoms with E-state index in [2.05, 4.69) is 53.1 Å². The molecule has 0 bridgehead atoms. The highest BCUT2D eigenvalue weighted by molar-refractivity contribution is 6.38. The van der Waals surface area contributed by atoms with Crippen LogP contribution in [-0.4, -0.2) is 90.3 Å². The average Bonchev–Trinajstić information content (AvgIpc) is 3.16. The molecule has 3 atom stereocenters. The maximum Gasteiger partial charge on any atom is 0.407 e. The van der Waals surface area contributed by atoms with Crippen LogP contribution in [0.5, 0.6) is 0 Å². The standard InChI is InChI=1S/C38H35N9O7/c39-37-46-33-32(35(50)47-37)44-27(21-43-33)20-42-26-13-11-24(12-14-26)34(49)45-29(36(51)52)15-16-31(48)40-17-18-41-38(53)54-30-19-25-7-2-1-5-22(25)9-10-23-6-3-4-8-28(23)30/h1-8,11-14,21,29-30,32,42H,15-20H2,(H,40,48)(H,41,53)(H,45,49)(H,51,52)(H2,39,47,50). The van der Waals surface area contributed by atoms with Gasteiger partial charge in [0.1, 0.15) is 12.1 Å². The largest absolute Gasteiger partial charge is 0.480 e. The number of nitrogens with zero attached hydrogens (tertiary/aromatic N) is 4. The van der Waals surface area contributed by atoms with Crippen molar-refractivity contribution >= 4 is 59.2 Å². The minimum Gasteiger partial charge on any atom is -0.480 e. The van der Waals surface area contributed by atoms with Gasteiger partial charge in [-0.1, -0.05) is 48.2 Å². The summed E-state index contributed by atoms with van der Waals surface area (Å²) in [6.07, 6.45) is 0.327. The van der Waals surface area contributed by atoms with E-state index in [-0.39, 0.29) is 49.8 Å². The molecule has 0 saturated carbocycles. The van der Waals surface area contributed by atoms with Crippen LogP contribution in [-0.2, 0) is 25.5 Å². The molecule has 3 aromatic carbocycles. The first-order valence-corrected chi connectivity index (χ1v) is 17.0. The molecule has 0 saturated heterocycles. The molecule has 2 aliphatic heterocycles. The fourth-order valence-electron chi connectivity index (χ4n) is 5.73. The fourth-order valence-corrected chi connectivity index (χ4v) is 5.73. The fraction of sp³-hybridized carbons (Fsp3) is 0.237. The Morgan fingerprint density at radius 2 is 1.65 bits per heavy atom. The van der Waals surface area contributed by atoms with Crippen molar-refractivity contribution in [2.75, 3.05) is 25.0 Å². The first-order chi connectivity index (χ1) is 26.1. The molecule has 7 N–H and O–H groups in total. The van der Waals surface area contributed by atoms with Gasteiger partial charge in [-0.05, 0) is 48.4 Å². The van der Waals surface area contributed by atoms with Crippen molar-refractivity contribution in [3.05, 3.63) is 101 Å². The third-order valence-corrected chi connectivity index (χ3v) is 8.49. The normalized spacial score (nSPS) is 17.1. The smallest absolute Gasteiger partial charge is 0.407 e. The van der Waals surface area contributed by atoms with Crippen molar-refractivity contribution in [3.63, 3.8) is 0 Å². The number of aliphatic imine (C=N–C) groups is 4. The zero-order valence-electron chi connectivity index (χ0n) is 28.7. The summed E-state index contributed by atoms with van der Waals surface area (Å²) < 4.78 is 5.79. The maximum absolute atomic E-state index is 12.8. The Morgan fingerprint density at radius 1 is 0.926 bits per heavy atom. The first kappa shape index (κ1) is 36.6. The molecule has 16 nitrogen and oxygen atoms in total. The number of benzene rings is 3. The Bertz CT molecular complexity index is 2170. The van der Waals surface area contributed by atoms with Gasteiger partial charge in [0.2, 0.25) is 11.9 Å². The number of nitrogens with two attached hydrogens (primary N) is 1. The van der Waals surface area contributed by atoms with E-state index in [0.717, 1.165) is 22.3 Å². The lowest BCUT2D eigenvalue weighted by Crippen LogP contribution is -2.42. The van der Waals surface area contributed by atoms with E-state index in [1.54, 1.807) is 12.1 Å². The van der Waals surface area contributed by atoms with Gasteiger partial charge in [0.05, 0.1) is 18.5 Å². The maximum atomic E-state index is 12.8. The summed E-state index contributed by atoms with van der Waals surface area (Å²) in [7, 11) is 0. The molecular formula is C38H35N9O7. The quantitative estimate of drug-likeness (QED) is 0.111. The van der Waals surface area contributed by atoms with E-state index in [9.17, 15) is 29.1 Å². The molecule has 2 heterocycles. The zero-order valence-corrected chi connectivity index (χ0v) is 28.7. The van der Waals surface area contributed by atoms with Gasteiger partial charge in [-0.3, -0.25) is 19.4 Å². The van der Waals surface area contributed by atoms with E-state index in [1.165, 1.54) is 18.3 Å². The van der Waals surface area contributed by atoms with Crippen LogP contribution in [0.25, 0.3) is 0 Å². The van der Waals surface area contributed by atoms with Gasteiger partial charge in [0, 0.05) is 53.9 Å². The number of guanidine groups is 1. The van der Waals surface area contributed by atoms with Crippen LogP contribution in [0.2, 0.25) is 0 Å². The number of carboxylic acids is 1. The number of anilines is 1. The second kappa shape index (κ2) is 16.9. The number of amides is 4. The number of hydrogen-bond acceptors (Lipinski definition) is 11. The Kier molecular flexibility index (Phi) is 11.5. The van der Waals surface area contributed by atoms with Crippen molar-refractivity contribution < 1.29 is 33.8 Å². The second-order valence-corrected chi connectivity index (χ2v) is 12.3. The minimum atomic E-state index is -1.32. The minimum absolute atomic E-state index is 0.0710. The number of carboxylic acid groups (broad SMARTS) is 1. The number of alkyl carbamates (subject to hydrolysis) is 1. The van der Waals surface area contributed by atoms with Gasteiger partial charge in [0.25, 0.3) is 11.8 Å². The van der Waals surface area contributed by atoms with E-state index >= 15 is 0 Å². The summed E-state index contributed by atoms with van der Waals surface area (Å²) in [5.41, 5.74) is 10.2. The summed E-state index contributed by atoms with van der Waals surface area (Å²) in [5.74, 6) is 3.43. The molecule has 0 spiro atoms. The SMILES string of the molecule is NC1=NC(=O)C2N=C(CNc3ccc(C(=O)NC(CCC(=O)NCCNC(=O)OC4Cc5ccccc5C#Cc5ccccc54)C(=O)O)cc3)C=NC2=N1. The molecular weight excluding hydrogens is 694 g/mol. The molecule has 4 amide bonds. The summed E-state index contributed by atoms with van der Waals surface area (Å²) in [4.78, 5) is 78.0. The van der Waals surface area contributed by atoms with Gasteiger partial charge >= 0.3 is 12.1 Å². The first-order valence-electron chi connectivity index (χ1n) is 17.0. The van der Waals surface area contributed by atoms with Gasteiger partial charge in [-0.25, -0.2) is 14.6 Å². The van der Waals surface area contributed by atoms with Crippen LogP contribution in [0.15, 0.2) is 92.8 Å². The number of fused-ring (bicyclic) bond motifs is 3. The number of carbonyl (C=O) groups excluding carboxylic acids is 4. The van der Waals surface area contributed by atoms with Crippen LogP contribution in [0.3, 0.4) is 0 Å². The third-order valence-electron chi connectivity index (χ3n) is 8.49. The zero-order chi connectivity index (χ0) is 38.0. The van der Waals surface area contributed by atoms with Crippen LogP contribution in [0, 0.1) is 11.8 Å². The molecule has 3 unspecified atom stereocenters. The summed E-state index contributed by atoms with van der Waals surface area (Å²) in [6, 6.07) is 19.2. The molecule has 0 fully saturated rings. The Labute approximate surface area is 309 Å². The number of aliphatic carboxylic acids is 1. The Hall–Kier alpha value is -7.15. The lowest BCUT2D eigenvalue weighted by molar-refractivity contribution is -0.139. The van der Waals surface area contributed by atoms with Crippen LogP contribution >= 0.6 is 0 Å². The lowest BCUT2D eigenvalue weighted by atomic mass is 9.92. The van der Waals surface area contributed by atoms with Gasteiger partial charge in [0.15, 0.2) is 11.9 Å². The van der Waals surface area contributed by atoms with Crippen LogP contribution in [0.4, 0.5) is 10.5 Å². The average molecular weight is 730 g/mol. The molecule has 54 heavy (non-hydrogen) atoms. The van der Waals surface area contributed by atoms with Gasteiger partial charge in [-0.15, -0.1) is 0 Å².